The first-order valence-corrected chi connectivity index (χ1v) is 14.6. The summed E-state index contributed by atoms with van der Waals surface area (Å²) in [5, 5.41) is 12.0. The summed E-state index contributed by atoms with van der Waals surface area (Å²) in [6.07, 6.45) is 2.72. The highest BCUT2D eigenvalue weighted by molar-refractivity contribution is 8.13. The van der Waals surface area contributed by atoms with Gasteiger partial charge in [0, 0.05) is 16.5 Å². The van der Waals surface area contributed by atoms with Gasteiger partial charge in [0.15, 0.2) is 22.8 Å². The predicted molar refractivity (Wildman–Crippen MR) is 156 cm³/mol. The second-order valence-corrected chi connectivity index (χ2v) is 10.7. The Morgan fingerprint density at radius 1 is 1.03 bits per heavy atom. The highest BCUT2D eigenvalue weighted by Gasteiger charge is 2.35. The number of para-hydroxylation sites is 1. The summed E-state index contributed by atoms with van der Waals surface area (Å²) in [5.74, 6) is 1.67. The zero-order chi connectivity index (χ0) is 27.2. The third-order valence-corrected chi connectivity index (χ3v) is 7.59. The molecular weight excluding hydrogens is 532 g/mol. The number of amidine groups is 1. The van der Waals surface area contributed by atoms with Crippen LogP contribution in [-0.2, 0) is 11.4 Å². The number of nitrogens with zero attached hydrogens (tertiary/aromatic N) is 3. The fraction of sp³-hybridized carbons (Fsp3) is 0.300. The number of nitrogens with one attached hydrogen (secondary N) is 1. The molecule has 0 saturated carbocycles. The highest BCUT2D eigenvalue weighted by Crippen LogP contribution is 2.41. The van der Waals surface area contributed by atoms with E-state index in [1.54, 1.807) is 16.8 Å². The molecule has 1 amide bonds. The van der Waals surface area contributed by atoms with E-state index in [0.717, 1.165) is 46.7 Å². The van der Waals surface area contributed by atoms with Crippen molar-refractivity contribution < 1.29 is 14.3 Å². The van der Waals surface area contributed by atoms with Gasteiger partial charge in [-0.15, -0.1) is 5.10 Å². The number of hydrogen-bond donors (Lipinski definition) is 1. The van der Waals surface area contributed by atoms with Crippen molar-refractivity contribution in [3.63, 3.8) is 0 Å². The number of unbranched alkanes of at least 4 members (excludes halogenated alkanes) is 2. The summed E-state index contributed by atoms with van der Waals surface area (Å²) in [6, 6.07) is 21.2. The number of halogens is 1. The van der Waals surface area contributed by atoms with Gasteiger partial charge in [-0.05, 0) is 37.1 Å². The van der Waals surface area contributed by atoms with Crippen molar-refractivity contribution >= 4 is 40.1 Å². The Hall–Kier alpha value is -3.49. The van der Waals surface area contributed by atoms with E-state index in [4.69, 9.17) is 31.2 Å². The molecule has 39 heavy (non-hydrogen) atoms. The van der Waals surface area contributed by atoms with E-state index in [9.17, 15) is 4.79 Å². The third kappa shape index (κ3) is 6.07. The number of thioether (sulfide) groups is 1. The largest absolute Gasteiger partial charge is 0.490 e. The molecule has 0 saturated heterocycles. The van der Waals surface area contributed by atoms with Gasteiger partial charge in [-0.25, -0.2) is 5.01 Å². The fourth-order valence-electron chi connectivity index (χ4n) is 4.50. The summed E-state index contributed by atoms with van der Waals surface area (Å²) in [4.78, 5) is 18.4. The summed E-state index contributed by atoms with van der Waals surface area (Å²) in [7, 11) is 0. The summed E-state index contributed by atoms with van der Waals surface area (Å²) in [6.45, 7) is 4.87. The molecule has 0 radical (unpaired) electrons. The van der Waals surface area contributed by atoms with E-state index in [0.29, 0.717) is 40.6 Å². The maximum absolute atomic E-state index is 13.4. The second-order valence-electron chi connectivity index (χ2n) is 9.17. The maximum Gasteiger partial charge on any atom is 0.276 e. The van der Waals surface area contributed by atoms with Crippen LogP contribution < -0.4 is 25.4 Å². The average molecular weight is 563 g/mol. The normalized spacial score (nSPS) is 16.0. The lowest BCUT2D eigenvalue weighted by Crippen LogP contribution is -2.50. The molecule has 0 unspecified atom stereocenters. The molecule has 3 aromatic carbocycles. The topological polar surface area (TPSA) is 75.5 Å². The van der Waals surface area contributed by atoms with E-state index >= 15 is 0 Å². The minimum atomic E-state index is -0.605. The molecule has 0 spiro atoms. The summed E-state index contributed by atoms with van der Waals surface area (Å²) in [5.41, 5.74) is 2.23. The molecule has 1 N–H and O–H groups in total. The first-order valence-electron chi connectivity index (χ1n) is 13.2. The Balaban J connectivity index is 1.53. The Bertz CT molecular complexity index is 1500. The molecule has 2 aliphatic heterocycles. The van der Waals surface area contributed by atoms with Gasteiger partial charge >= 0.3 is 0 Å². The molecule has 202 valence electrons. The van der Waals surface area contributed by atoms with E-state index in [2.05, 4.69) is 12.2 Å². The van der Waals surface area contributed by atoms with Crippen LogP contribution in [-0.4, -0.2) is 28.4 Å². The van der Waals surface area contributed by atoms with Crippen LogP contribution in [0.3, 0.4) is 0 Å². The number of carbonyl (C=O) groups is 1. The molecule has 7 nitrogen and oxygen atoms in total. The molecule has 2 aliphatic rings. The van der Waals surface area contributed by atoms with Crippen LogP contribution >= 0.6 is 23.4 Å². The van der Waals surface area contributed by atoms with E-state index in [1.165, 1.54) is 0 Å². The zero-order valence-electron chi connectivity index (χ0n) is 22.0. The molecule has 0 aliphatic carbocycles. The molecule has 2 heterocycles. The Morgan fingerprint density at radius 2 is 1.82 bits per heavy atom. The monoisotopic (exact) mass is 562 g/mol. The molecular formula is C30H31ClN4O3S. The number of carbonyl (C=O) groups excluding carboxylic acids is 1. The van der Waals surface area contributed by atoms with E-state index in [-0.39, 0.29) is 5.91 Å². The minimum Gasteiger partial charge on any atom is -0.490 e. The number of fused-ring (bicyclic) bond motifs is 2. The fourth-order valence-corrected chi connectivity index (χ4v) is 5.63. The third-order valence-electron chi connectivity index (χ3n) is 6.36. The molecule has 0 bridgehead atoms. The van der Waals surface area contributed by atoms with E-state index in [1.807, 2.05) is 73.7 Å². The van der Waals surface area contributed by atoms with Crippen LogP contribution in [0.25, 0.3) is 5.70 Å². The van der Waals surface area contributed by atoms with Crippen LogP contribution in [0.2, 0.25) is 5.02 Å². The van der Waals surface area contributed by atoms with Crippen molar-refractivity contribution in [1.82, 2.24) is 10.3 Å². The van der Waals surface area contributed by atoms with Crippen molar-refractivity contribution in [2.24, 2.45) is 10.1 Å². The predicted octanol–water partition coefficient (Wildman–Crippen LogP) is 5.38. The van der Waals surface area contributed by atoms with Gasteiger partial charge < -0.3 is 9.47 Å². The minimum absolute atomic E-state index is 0.200. The Labute approximate surface area is 237 Å². The molecule has 5 rings (SSSR count). The molecule has 3 aromatic rings. The molecule has 1 atom stereocenters. The number of ether oxygens (including phenoxy) is 2. The van der Waals surface area contributed by atoms with Crippen molar-refractivity contribution in [2.75, 3.05) is 12.4 Å². The van der Waals surface area contributed by atoms with Crippen molar-refractivity contribution in [3.05, 3.63) is 93.5 Å². The van der Waals surface area contributed by atoms with Gasteiger partial charge in [0.1, 0.15) is 12.3 Å². The molecule has 9 heteroatoms. The van der Waals surface area contributed by atoms with Gasteiger partial charge in [0.05, 0.1) is 17.0 Å². The lowest BCUT2D eigenvalue weighted by molar-refractivity contribution is -0.116. The number of amides is 1. The first kappa shape index (κ1) is 27.1. The quantitative estimate of drug-likeness (QED) is 0.336. The molecule has 0 aromatic heterocycles. The van der Waals surface area contributed by atoms with Crippen LogP contribution in [0, 0.1) is 0 Å². The van der Waals surface area contributed by atoms with Crippen molar-refractivity contribution in [2.45, 2.75) is 45.9 Å². The van der Waals surface area contributed by atoms with Gasteiger partial charge in [-0.2, -0.15) is 0 Å². The van der Waals surface area contributed by atoms with Gasteiger partial charge in [0.25, 0.3) is 5.91 Å². The SMILES string of the molecule is CCCCCSC1=NN2C(=c3ccccc3=N[C@H]2c2cc(Cl)c(OCc3ccccc3)c(OCC)c2)C(=O)N1. The smallest absolute Gasteiger partial charge is 0.276 e. The lowest BCUT2D eigenvalue weighted by atomic mass is 10.1. The zero-order valence-corrected chi connectivity index (χ0v) is 23.6. The highest BCUT2D eigenvalue weighted by atomic mass is 35.5. The standard InChI is InChI=1S/C30H31ClN4O3S/c1-3-5-11-16-39-30-33-29(36)26-22-14-9-10-15-24(22)32-28(35(26)34-30)21-17-23(31)27(25(18-21)37-4-2)38-19-20-12-7-6-8-13-20/h6-10,12-15,17-18,28H,3-5,11,16,19H2,1-2H3,(H,33,34,36)/t28-/m1/s1. The van der Waals surface area contributed by atoms with Gasteiger partial charge in [-0.1, -0.05) is 91.7 Å². The van der Waals surface area contributed by atoms with Crippen LogP contribution in [0.1, 0.15) is 50.4 Å². The van der Waals surface area contributed by atoms with Gasteiger partial charge in [-0.3, -0.25) is 15.1 Å². The average Bonchev–Trinajstić information content (AvgIpc) is 2.95. The summed E-state index contributed by atoms with van der Waals surface area (Å²) < 4.78 is 12.1. The van der Waals surface area contributed by atoms with Gasteiger partial charge in [0.2, 0.25) is 0 Å². The number of benzene rings is 3. The Kier molecular flexibility index (Phi) is 8.74. The molecule has 0 fully saturated rings. The Morgan fingerprint density at radius 3 is 2.62 bits per heavy atom. The number of hydrazone groups is 1. The summed E-state index contributed by atoms with van der Waals surface area (Å²) >= 11 is 8.34. The van der Waals surface area contributed by atoms with E-state index < -0.39 is 6.17 Å². The number of rotatable bonds is 10. The second kappa shape index (κ2) is 12.6. The van der Waals surface area contributed by atoms with Crippen LogP contribution in [0.15, 0.2) is 76.8 Å². The first-order chi connectivity index (χ1) is 19.1. The van der Waals surface area contributed by atoms with Crippen molar-refractivity contribution in [3.8, 4) is 11.5 Å². The number of hydrogen-bond acceptors (Lipinski definition) is 7. The van der Waals surface area contributed by atoms with Crippen LogP contribution in [0.5, 0.6) is 11.5 Å². The van der Waals surface area contributed by atoms with Crippen molar-refractivity contribution in [1.29, 1.82) is 0 Å². The maximum atomic E-state index is 13.4. The van der Waals surface area contributed by atoms with Crippen LogP contribution in [0.4, 0.5) is 0 Å². The lowest BCUT2D eigenvalue weighted by Gasteiger charge is -2.34.